The second-order valence-corrected chi connectivity index (χ2v) is 8.06. The fraction of sp³-hybridized carbons (Fsp3) is 0.0455. The number of hydrogen-bond acceptors (Lipinski definition) is 5. The van der Waals surface area contributed by atoms with Crippen LogP contribution in [0.4, 0.5) is 10.8 Å². The third-order valence-corrected chi connectivity index (χ3v) is 5.95. The summed E-state index contributed by atoms with van der Waals surface area (Å²) >= 11 is 3.23. The van der Waals surface area contributed by atoms with E-state index in [1.54, 1.807) is 11.3 Å². The number of nitrogens with zero attached hydrogens (tertiary/aromatic N) is 1. The highest BCUT2D eigenvalue weighted by molar-refractivity contribution is 8.00. The van der Waals surface area contributed by atoms with Crippen molar-refractivity contribution in [1.82, 2.24) is 4.98 Å². The molecule has 4 rings (SSSR count). The molecule has 0 aliphatic heterocycles. The van der Waals surface area contributed by atoms with Crippen molar-refractivity contribution in [1.29, 1.82) is 0 Å². The van der Waals surface area contributed by atoms with Crippen molar-refractivity contribution < 1.29 is 0 Å². The first-order chi connectivity index (χ1) is 13.3. The Hall–Kier alpha value is -2.76. The summed E-state index contributed by atoms with van der Waals surface area (Å²) in [5, 5.41) is 0.896. The van der Waals surface area contributed by atoms with Crippen LogP contribution in [-0.4, -0.2) is 4.98 Å². The van der Waals surface area contributed by atoms with Gasteiger partial charge in [-0.2, -0.15) is 0 Å². The van der Waals surface area contributed by atoms with Gasteiger partial charge in [0.25, 0.3) is 0 Å². The minimum atomic E-state index is 0.760. The summed E-state index contributed by atoms with van der Waals surface area (Å²) in [6, 6.07) is 28.7. The van der Waals surface area contributed by atoms with Gasteiger partial charge >= 0.3 is 0 Å². The Balaban J connectivity index is 1.61. The number of rotatable bonds is 6. The van der Waals surface area contributed by atoms with Crippen LogP contribution in [-0.2, 0) is 6.42 Å². The average molecular weight is 390 g/mol. The molecule has 0 aliphatic rings. The van der Waals surface area contributed by atoms with Gasteiger partial charge in [0.1, 0.15) is 0 Å². The first-order valence-electron chi connectivity index (χ1n) is 8.65. The fourth-order valence-electron chi connectivity index (χ4n) is 2.80. The average Bonchev–Trinajstić information content (AvgIpc) is 3.11. The quantitative estimate of drug-likeness (QED) is 0.309. The standard InChI is InChI=1S/C22H19N3S2/c23-18-12-7-13-19(15-18)27-25-22-24-21(17-10-5-2-6-11-17)20(26-22)14-16-8-3-1-4-9-16/h1-13,15H,14,23H2,(H,24,25). The van der Waals surface area contributed by atoms with Crippen molar-refractivity contribution >= 4 is 34.1 Å². The number of anilines is 2. The van der Waals surface area contributed by atoms with Crippen LogP contribution in [0.1, 0.15) is 10.4 Å². The van der Waals surface area contributed by atoms with Crippen LogP contribution >= 0.6 is 23.3 Å². The Morgan fingerprint density at radius 1 is 0.889 bits per heavy atom. The van der Waals surface area contributed by atoms with E-state index in [9.17, 15) is 0 Å². The van der Waals surface area contributed by atoms with Gasteiger partial charge < -0.3 is 10.5 Å². The molecule has 0 spiro atoms. The van der Waals surface area contributed by atoms with Crippen molar-refractivity contribution in [2.75, 3.05) is 10.5 Å². The van der Waals surface area contributed by atoms with Crippen molar-refractivity contribution in [3.8, 4) is 11.3 Å². The van der Waals surface area contributed by atoms with E-state index in [0.29, 0.717) is 0 Å². The van der Waals surface area contributed by atoms with E-state index in [1.807, 2.05) is 36.4 Å². The van der Waals surface area contributed by atoms with E-state index in [-0.39, 0.29) is 0 Å². The van der Waals surface area contributed by atoms with Crippen LogP contribution in [0.5, 0.6) is 0 Å². The molecule has 0 amide bonds. The molecule has 0 saturated carbocycles. The van der Waals surface area contributed by atoms with E-state index in [1.165, 1.54) is 22.4 Å². The van der Waals surface area contributed by atoms with Gasteiger partial charge in [-0.3, -0.25) is 0 Å². The number of benzene rings is 3. The molecular weight excluding hydrogens is 370 g/mol. The molecule has 3 aromatic carbocycles. The second kappa shape index (κ2) is 8.29. The highest BCUT2D eigenvalue weighted by Crippen LogP contribution is 2.35. The van der Waals surface area contributed by atoms with E-state index >= 15 is 0 Å². The van der Waals surface area contributed by atoms with Gasteiger partial charge in [-0.25, -0.2) is 4.98 Å². The highest BCUT2D eigenvalue weighted by Gasteiger charge is 2.14. The third-order valence-electron chi connectivity index (χ3n) is 4.07. The molecular formula is C22H19N3S2. The number of aromatic nitrogens is 1. The lowest BCUT2D eigenvalue weighted by Crippen LogP contribution is -1.89. The maximum Gasteiger partial charge on any atom is 0.193 e. The summed E-state index contributed by atoms with van der Waals surface area (Å²) in [5.74, 6) is 0. The normalized spacial score (nSPS) is 10.7. The third kappa shape index (κ3) is 4.51. The minimum absolute atomic E-state index is 0.760. The predicted octanol–water partition coefficient (Wildman–Crippen LogP) is 6.10. The molecule has 0 unspecified atom stereocenters. The maximum atomic E-state index is 5.86. The Morgan fingerprint density at radius 2 is 1.63 bits per heavy atom. The van der Waals surface area contributed by atoms with Crippen LogP contribution in [0.15, 0.2) is 89.8 Å². The van der Waals surface area contributed by atoms with Gasteiger partial charge in [-0.1, -0.05) is 66.7 Å². The molecule has 1 aromatic heterocycles. The molecule has 0 saturated heterocycles. The lowest BCUT2D eigenvalue weighted by molar-refractivity contribution is 1.22. The maximum absolute atomic E-state index is 5.86. The summed E-state index contributed by atoms with van der Waals surface area (Å²) in [7, 11) is 0. The van der Waals surface area contributed by atoms with Gasteiger partial charge in [0.05, 0.1) is 5.69 Å². The second-order valence-electron chi connectivity index (χ2n) is 6.10. The molecule has 3 nitrogen and oxygen atoms in total. The summed E-state index contributed by atoms with van der Waals surface area (Å²) in [6.07, 6.45) is 0.868. The Labute approximate surface area is 167 Å². The zero-order valence-corrected chi connectivity index (χ0v) is 16.3. The molecule has 0 bridgehead atoms. The van der Waals surface area contributed by atoms with Crippen LogP contribution in [0.2, 0.25) is 0 Å². The van der Waals surface area contributed by atoms with E-state index in [0.717, 1.165) is 33.4 Å². The molecule has 1 heterocycles. The predicted molar refractivity (Wildman–Crippen MR) is 117 cm³/mol. The number of hydrogen-bond donors (Lipinski definition) is 2. The van der Waals surface area contributed by atoms with Gasteiger partial charge in [-0.15, -0.1) is 11.3 Å². The molecule has 134 valence electrons. The molecule has 0 aliphatic carbocycles. The zero-order valence-electron chi connectivity index (χ0n) is 14.6. The van der Waals surface area contributed by atoms with Crippen molar-refractivity contribution in [2.45, 2.75) is 11.3 Å². The Bertz CT molecular complexity index is 1010. The molecule has 27 heavy (non-hydrogen) atoms. The van der Waals surface area contributed by atoms with Gasteiger partial charge in [0.2, 0.25) is 0 Å². The molecule has 0 radical (unpaired) electrons. The van der Waals surface area contributed by atoms with E-state index in [4.69, 9.17) is 10.7 Å². The molecule has 3 N–H and O–H groups in total. The fourth-order valence-corrected chi connectivity index (χ4v) is 4.55. The van der Waals surface area contributed by atoms with E-state index in [2.05, 4.69) is 53.3 Å². The first-order valence-corrected chi connectivity index (χ1v) is 10.3. The van der Waals surface area contributed by atoms with Crippen molar-refractivity contribution in [3.05, 3.63) is 95.4 Å². The largest absolute Gasteiger partial charge is 0.399 e. The number of nitrogens with one attached hydrogen (secondary N) is 1. The summed E-state index contributed by atoms with van der Waals surface area (Å²) < 4.78 is 3.37. The summed E-state index contributed by atoms with van der Waals surface area (Å²) in [4.78, 5) is 7.19. The molecule has 4 aromatic rings. The highest BCUT2D eigenvalue weighted by atomic mass is 32.2. The topological polar surface area (TPSA) is 50.9 Å². The van der Waals surface area contributed by atoms with Crippen LogP contribution in [0, 0.1) is 0 Å². The number of thiazole rings is 1. The summed E-state index contributed by atoms with van der Waals surface area (Å²) in [6.45, 7) is 0. The SMILES string of the molecule is Nc1cccc(SNc2nc(-c3ccccc3)c(Cc3ccccc3)s2)c1. The molecule has 0 atom stereocenters. The van der Waals surface area contributed by atoms with Crippen LogP contribution in [0.3, 0.4) is 0 Å². The van der Waals surface area contributed by atoms with Gasteiger partial charge in [0, 0.05) is 27.4 Å². The first kappa shape index (κ1) is 17.6. The monoisotopic (exact) mass is 389 g/mol. The van der Waals surface area contributed by atoms with Gasteiger partial charge in [0.15, 0.2) is 5.13 Å². The Morgan fingerprint density at radius 3 is 2.37 bits per heavy atom. The van der Waals surface area contributed by atoms with E-state index < -0.39 is 0 Å². The zero-order chi connectivity index (χ0) is 18.5. The Kier molecular flexibility index (Phi) is 5.42. The molecule has 0 fully saturated rings. The minimum Gasteiger partial charge on any atom is -0.399 e. The lowest BCUT2D eigenvalue weighted by atomic mass is 10.1. The summed E-state index contributed by atoms with van der Waals surface area (Å²) in [5.41, 5.74) is 10.1. The van der Waals surface area contributed by atoms with Crippen molar-refractivity contribution in [2.24, 2.45) is 0 Å². The molecule has 5 heteroatoms. The van der Waals surface area contributed by atoms with Crippen LogP contribution in [0.25, 0.3) is 11.3 Å². The number of nitrogen functional groups attached to an aromatic ring is 1. The smallest absolute Gasteiger partial charge is 0.193 e. The number of nitrogens with two attached hydrogens (primary N) is 1. The lowest BCUT2D eigenvalue weighted by Gasteiger charge is -2.02. The van der Waals surface area contributed by atoms with Crippen LogP contribution < -0.4 is 10.5 Å². The van der Waals surface area contributed by atoms with Gasteiger partial charge in [-0.05, 0) is 35.7 Å². The van der Waals surface area contributed by atoms with Crippen molar-refractivity contribution in [3.63, 3.8) is 0 Å².